The topological polar surface area (TPSA) is 56.9 Å². The lowest BCUT2D eigenvalue weighted by molar-refractivity contribution is 0.140. The van der Waals surface area contributed by atoms with Crippen LogP contribution >= 0.6 is 24.0 Å². The van der Waals surface area contributed by atoms with Crippen molar-refractivity contribution in [2.75, 3.05) is 51.6 Å². The molecule has 148 valence electrons. The average molecular weight is 473 g/mol. The number of guanidine groups is 1. The minimum absolute atomic E-state index is 0. The zero-order chi connectivity index (χ0) is 18.2. The quantitative estimate of drug-likeness (QED) is 0.363. The van der Waals surface area contributed by atoms with Crippen molar-refractivity contribution >= 4 is 35.6 Å². The summed E-state index contributed by atoms with van der Waals surface area (Å²) in [6.07, 6.45) is 1.98. The van der Waals surface area contributed by atoms with Gasteiger partial charge in [0.15, 0.2) is 5.96 Å². The lowest BCUT2D eigenvalue weighted by Gasteiger charge is -2.33. The van der Waals surface area contributed by atoms with Gasteiger partial charge in [-0.05, 0) is 36.9 Å². The van der Waals surface area contributed by atoms with Gasteiger partial charge in [0.05, 0.1) is 0 Å². The number of piperazine rings is 1. The predicted octanol–water partition coefficient (Wildman–Crippen LogP) is 3.04. The average Bonchev–Trinajstić information content (AvgIpc) is 2.62. The molecule has 0 amide bonds. The molecular weight excluding hydrogens is 437 g/mol. The molecule has 1 aromatic carbocycles. The third-order valence-corrected chi connectivity index (χ3v) is 4.99. The van der Waals surface area contributed by atoms with E-state index in [1.165, 1.54) is 11.1 Å². The fourth-order valence-electron chi connectivity index (χ4n) is 3.35. The Labute approximate surface area is 176 Å². The van der Waals surface area contributed by atoms with Gasteiger partial charge in [-0.15, -0.1) is 24.0 Å². The van der Waals surface area contributed by atoms with Gasteiger partial charge in [0, 0.05) is 45.0 Å². The first-order chi connectivity index (χ1) is 12.0. The summed E-state index contributed by atoms with van der Waals surface area (Å²) in [5.41, 5.74) is 9.90. The monoisotopic (exact) mass is 473 g/mol. The molecule has 1 aliphatic rings. The second kappa shape index (κ2) is 11.8. The molecule has 0 radical (unpaired) electrons. The first kappa shape index (κ1) is 23.2. The molecule has 1 fully saturated rings. The minimum atomic E-state index is 0. The van der Waals surface area contributed by atoms with Crippen LogP contribution in [0.1, 0.15) is 31.9 Å². The summed E-state index contributed by atoms with van der Waals surface area (Å²) in [5.74, 6) is 1.04. The first-order valence-electron chi connectivity index (χ1n) is 9.62. The van der Waals surface area contributed by atoms with E-state index in [1.807, 2.05) is 0 Å². The van der Waals surface area contributed by atoms with Crippen LogP contribution in [-0.2, 0) is 12.8 Å². The molecular formula is C20H36IN5. The fraction of sp³-hybridized carbons (Fsp3) is 0.650. The molecule has 6 heteroatoms. The van der Waals surface area contributed by atoms with Crippen molar-refractivity contribution in [3.63, 3.8) is 0 Å². The van der Waals surface area contributed by atoms with E-state index in [1.54, 1.807) is 0 Å². The Kier molecular flexibility index (Phi) is 10.5. The molecule has 0 aromatic heterocycles. The van der Waals surface area contributed by atoms with Gasteiger partial charge in [0.25, 0.3) is 0 Å². The van der Waals surface area contributed by atoms with Gasteiger partial charge in [-0.3, -0.25) is 4.99 Å². The third kappa shape index (κ3) is 7.04. The van der Waals surface area contributed by atoms with Gasteiger partial charge in [-0.2, -0.15) is 0 Å². The van der Waals surface area contributed by atoms with E-state index in [0.717, 1.165) is 57.8 Å². The zero-order valence-electron chi connectivity index (χ0n) is 16.8. The van der Waals surface area contributed by atoms with Crippen LogP contribution in [0, 0.1) is 5.92 Å². The summed E-state index contributed by atoms with van der Waals surface area (Å²) in [5, 5.41) is 3.35. The van der Waals surface area contributed by atoms with Crippen LogP contribution in [0.25, 0.3) is 0 Å². The number of likely N-dealkylation sites (N-methyl/N-ethyl adjacent to an activating group) is 1. The van der Waals surface area contributed by atoms with Crippen molar-refractivity contribution in [3.8, 4) is 0 Å². The summed E-state index contributed by atoms with van der Waals surface area (Å²) in [7, 11) is 2.19. The van der Waals surface area contributed by atoms with Gasteiger partial charge in [-0.1, -0.05) is 39.0 Å². The number of aliphatic imine (C=N–C) groups is 1. The molecule has 0 bridgehead atoms. The number of anilines is 1. The fourth-order valence-corrected chi connectivity index (χ4v) is 3.35. The lowest BCUT2D eigenvalue weighted by atomic mass is 10.0. The number of hydrogen-bond acceptors (Lipinski definition) is 3. The maximum absolute atomic E-state index is 6.17. The summed E-state index contributed by atoms with van der Waals surface area (Å²) in [6, 6.07) is 6.43. The van der Waals surface area contributed by atoms with Gasteiger partial charge in [0.1, 0.15) is 0 Å². The summed E-state index contributed by atoms with van der Waals surface area (Å²) < 4.78 is 0. The third-order valence-electron chi connectivity index (χ3n) is 4.99. The van der Waals surface area contributed by atoms with Gasteiger partial charge in [-0.25, -0.2) is 0 Å². The molecule has 0 aliphatic carbocycles. The van der Waals surface area contributed by atoms with Crippen molar-refractivity contribution in [2.24, 2.45) is 16.6 Å². The first-order valence-corrected chi connectivity index (χ1v) is 9.62. The van der Waals surface area contributed by atoms with Crippen LogP contribution in [0.3, 0.4) is 0 Å². The number of nitrogens with zero attached hydrogens (tertiary/aromatic N) is 3. The van der Waals surface area contributed by atoms with E-state index in [-0.39, 0.29) is 24.0 Å². The molecule has 1 saturated heterocycles. The smallest absolute Gasteiger partial charge is 0.193 e. The highest BCUT2D eigenvalue weighted by Gasteiger charge is 2.16. The number of halogens is 1. The predicted molar refractivity (Wildman–Crippen MR) is 124 cm³/mol. The van der Waals surface area contributed by atoms with Crippen LogP contribution in [0.4, 0.5) is 5.69 Å². The Hall–Kier alpha value is -0.860. The molecule has 0 spiro atoms. The second-order valence-corrected chi connectivity index (χ2v) is 7.22. The molecule has 26 heavy (non-hydrogen) atoms. The van der Waals surface area contributed by atoms with Crippen molar-refractivity contribution in [3.05, 3.63) is 29.3 Å². The highest BCUT2D eigenvalue weighted by molar-refractivity contribution is 14.0. The van der Waals surface area contributed by atoms with Crippen molar-refractivity contribution < 1.29 is 0 Å². The Morgan fingerprint density at radius 3 is 2.27 bits per heavy atom. The summed E-state index contributed by atoms with van der Waals surface area (Å²) in [4.78, 5) is 9.52. The van der Waals surface area contributed by atoms with E-state index >= 15 is 0 Å². The van der Waals surface area contributed by atoms with Crippen molar-refractivity contribution in [1.82, 2.24) is 9.80 Å². The molecule has 1 unspecified atom stereocenters. The minimum Gasteiger partial charge on any atom is -0.370 e. The number of para-hydroxylation sites is 1. The molecule has 0 saturated carbocycles. The number of hydrogen-bond donors (Lipinski definition) is 2. The largest absolute Gasteiger partial charge is 0.370 e. The SMILES string of the molecule is CCc1cccc(CC)c1NC(N)=NCC(C)CN1CCN(C)CC1.I. The molecule has 5 nitrogen and oxygen atoms in total. The normalized spacial score (nSPS) is 17.6. The second-order valence-electron chi connectivity index (χ2n) is 7.22. The molecule has 2 rings (SSSR count). The highest BCUT2D eigenvalue weighted by atomic mass is 127. The Morgan fingerprint density at radius 2 is 1.73 bits per heavy atom. The van der Waals surface area contributed by atoms with E-state index in [0.29, 0.717) is 11.9 Å². The number of nitrogens with one attached hydrogen (secondary N) is 1. The highest BCUT2D eigenvalue weighted by Crippen LogP contribution is 2.22. The van der Waals surface area contributed by atoms with E-state index in [4.69, 9.17) is 5.73 Å². The molecule has 1 atom stereocenters. The van der Waals surface area contributed by atoms with E-state index in [9.17, 15) is 0 Å². The number of aryl methyl sites for hydroxylation is 2. The molecule has 3 N–H and O–H groups in total. The van der Waals surface area contributed by atoms with Crippen molar-refractivity contribution in [2.45, 2.75) is 33.6 Å². The van der Waals surface area contributed by atoms with Crippen LogP contribution < -0.4 is 11.1 Å². The molecule has 1 heterocycles. The summed E-state index contributed by atoms with van der Waals surface area (Å²) in [6.45, 7) is 13.1. The van der Waals surface area contributed by atoms with Crippen LogP contribution in [0.5, 0.6) is 0 Å². The zero-order valence-corrected chi connectivity index (χ0v) is 19.1. The Balaban J connectivity index is 0.00000338. The maximum Gasteiger partial charge on any atom is 0.193 e. The van der Waals surface area contributed by atoms with E-state index in [2.05, 4.69) is 66.1 Å². The van der Waals surface area contributed by atoms with Gasteiger partial charge in [0.2, 0.25) is 0 Å². The molecule has 1 aromatic rings. The Morgan fingerprint density at radius 1 is 1.15 bits per heavy atom. The summed E-state index contributed by atoms with van der Waals surface area (Å²) >= 11 is 0. The molecule has 1 aliphatic heterocycles. The van der Waals surface area contributed by atoms with E-state index < -0.39 is 0 Å². The number of nitrogens with two attached hydrogens (primary N) is 1. The van der Waals surface area contributed by atoms with Crippen LogP contribution in [0.2, 0.25) is 0 Å². The standard InChI is InChI=1S/C20H35N5.HI/c1-5-17-8-7-9-18(6-2)19(17)23-20(21)22-14-16(3)15-25-12-10-24(4)11-13-25;/h7-9,16H,5-6,10-15H2,1-4H3,(H3,21,22,23);1H. The van der Waals surface area contributed by atoms with Gasteiger partial charge >= 0.3 is 0 Å². The number of rotatable bonds is 7. The lowest BCUT2D eigenvalue weighted by Crippen LogP contribution is -2.46. The van der Waals surface area contributed by atoms with Crippen molar-refractivity contribution in [1.29, 1.82) is 0 Å². The maximum atomic E-state index is 6.17. The Bertz CT molecular complexity index is 545. The number of benzene rings is 1. The van der Waals surface area contributed by atoms with Crippen LogP contribution in [-0.4, -0.2) is 62.1 Å². The van der Waals surface area contributed by atoms with Gasteiger partial charge < -0.3 is 20.9 Å². The van der Waals surface area contributed by atoms with Crippen LogP contribution in [0.15, 0.2) is 23.2 Å².